The van der Waals surface area contributed by atoms with E-state index >= 15 is 0 Å². The Labute approximate surface area is 130 Å². The van der Waals surface area contributed by atoms with Gasteiger partial charge in [-0.2, -0.15) is 0 Å². The highest BCUT2D eigenvalue weighted by Crippen LogP contribution is 2.30. The Hall–Kier alpha value is -1.95. The fourth-order valence-electron chi connectivity index (χ4n) is 2.11. The monoisotopic (exact) mass is 318 g/mol. The highest BCUT2D eigenvalue weighted by atomic mass is 32.2. The molecule has 0 aromatic heterocycles. The normalized spacial score (nSPS) is 13.9. The van der Waals surface area contributed by atoms with E-state index in [9.17, 15) is 13.5 Å². The molecule has 2 aromatic carbocycles. The molecule has 2 N–H and O–H groups in total. The Kier molecular flexibility index (Phi) is 5.13. The molecule has 1 unspecified atom stereocenters. The smallest absolute Gasteiger partial charge is 0.205 e. The van der Waals surface area contributed by atoms with Gasteiger partial charge in [-0.05, 0) is 30.7 Å². The Morgan fingerprint density at radius 1 is 1.09 bits per heavy atom. The first-order valence-electron chi connectivity index (χ1n) is 6.82. The summed E-state index contributed by atoms with van der Waals surface area (Å²) in [5, 5.41) is 19.5. The van der Waals surface area contributed by atoms with Crippen molar-refractivity contribution in [3.8, 4) is 0 Å². The Morgan fingerprint density at radius 3 is 2.23 bits per heavy atom. The summed E-state index contributed by atoms with van der Waals surface area (Å²) in [6, 6.07) is 14.9. The van der Waals surface area contributed by atoms with Crippen LogP contribution < -0.4 is 0 Å². The van der Waals surface area contributed by atoms with Crippen molar-refractivity contribution >= 4 is 9.84 Å². The van der Waals surface area contributed by atoms with Crippen LogP contribution >= 0.6 is 0 Å². The molecule has 0 bridgehead atoms. The van der Waals surface area contributed by atoms with Crippen LogP contribution in [-0.4, -0.2) is 25.2 Å². The van der Waals surface area contributed by atoms with Gasteiger partial charge in [0.25, 0.3) is 0 Å². The minimum Gasteiger partial charge on any atom is -0.392 e. The van der Waals surface area contributed by atoms with Crippen LogP contribution in [0.5, 0.6) is 0 Å². The molecule has 2 aromatic rings. The molecule has 4 nitrogen and oxygen atoms in total. The predicted molar refractivity (Wildman–Crippen MR) is 84.9 cm³/mol. The first kappa shape index (κ1) is 16.4. The lowest BCUT2D eigenvalue weighted by Crippen LogP contribution is -2.13. The van der Waals surface area contributed by atoms with Gasteiger partial charge in [0.1, 0.15) is 6.10 Å². The molecule has 0 saturated carbocycles. The molecule has 0 fully saturated rings. The fourth-order valence-corrected chi connectivity index (χ4v) is 3.60. The van der Waals surface area contributed by atoms with Crippen molar-refractivity contribution in [1.29, 1.82) is 0 Å². The maximum Gasteiger partial charge on any atom is 0.205 e. The summed E-state index contributed by atoms with van der Waals surface area (Å²) in [4.78, 5) is -0.127. The van der Waals surface area contributed by atoms with E-state index in [1.807, 2.05) is 6.92 Å². The van der Waals surface area contributed by atoms with Crippen molar-refractivity contribution in [2.75, 3.05) is 6.61 Å². The molecule has 5 heteroatoms. The van der Waals surface area contributed by atoms with Crippen LogP contribution in [0.1, 0.15) is 17.2 Å². The Morgan fingerprint density at radius 2 is 1.68 bits per heavy atom. The van der Waals surface area contributed by atoms with Gasteiger partial charge in [-0.1, -0.05) is 48.0 Å². The molecule has 22 heavy (non-hydrogen) atoms. The minimum absolute atomic E-state index is 0.0905. The summed E-state index contributed by atoms with van der Waals surface area (Å²) in [6.45, 7) is 1.39. The molecular weight excluding hydrogens is 300 g/mol. The SMILES string of the molecule is Cc1ccc(S(=O)(=O)/C(=C/CO)C(O)c2ccccc2)cc1. The van der Waals surface area contributed by atoms with E-state index in [0.717, 1.165) is 11.6 Å². The third-order valence-corrected chi connectivity index (χ3v) is 5.22. The van der Waals surface area contributed by atoms with E-state index < -0.39 is 22.5 Å². The van der Waals surface area contributed by atoms with Crippen molar-refractivity contribution in [1.82, 2.24) is 0 Å². The summed E-state index contributed by atoms with van der Waals surface area (Å²) in [5.74, 6) is 0. The fraction of sp³-hybridized carbons (Fsp3) is 0.176. The number of hydrogen-bond acceptors (Lipinski definition) is 4. The average Bonchev–Trinajstić information content (AvgIpc) is 2.53. The van der Waals surface area contributed by atoms with E-state index in [2.05, 4.69) is 0 Å². The van der Waals surface area contributed by atoms with E-state index in [1.165, 1.54) is 12.1 Å². The third-order valence-electron chi connectivity index (χ3n) is 3.32. The largest absolute Gasteiger partial charge is 0.392 e. The van der Waals surface area contributed by atoms with E-state index in [-0.39, 0.29) is 9.80 Å². The van der Waals surface area contributed by atoms with Gasteiger partial charge in [-0.3, -0.25) is 0 Å². The van der Waals surface area contributed by atoms with Crippen molar-refractivity contribution < 1.29 is 18.6 Å². The zero-order chi connectivity index (χ0) is 16.2. The lowest BCUT2D eigenvalue weighted by Gasteiger charge is -2.16. The van der Waals surface area contributed by atoms with Gasteiger partial charge in [0, 0.05) is 0 Å². The molecule has 116 valence electrons. The molecular formula is C17H18O4S. The first-order chi connectivity index (χ1) is 10.5. The quantitative estimate of drug-likeness (QED) is 0.887. The summed E-state index contributed by atoms with van der Waals surface area (Å²) in [7, 11) is -3.88. The highest BCUT2D eigenvalue weighted by Gasteiger charge is 2.27. The van der Waals surface area contributed by atoms with E-state index in [4.69, 9.17) is 5.11 Å². The lowest BCUT2D eigenvalue weighted by molar-refractivity contribution is 0.221. The van der Waals surface area contributed by atoms with Gasteiger partial charge in [-0.25, -0.2) is 8.42 Å². The summed E-state index contributed by atoms with van der Waals surface area (Å²) < 4.78 is 25.4. The molecule has 0 amide bonds. The van der Waals surface area contributed by atoms with Crippen LogP contribution in [-0.2, 0) is 9.84 Å². The number of aliphatic hydroxyl groups excluding tert-OH is 2. The van der Waals surface area contributed by atoms with E-state index in [1.54, 1.807) is 42.5 Å². The molecule has 0 radical (unpaired) electrons. The third kappa shape index (κ3) is 3.44. The van der Waals surface area contributed by atoms with Gasteiger partial charge < -0.3 is 10.2 Å². The number of sulfone groups is 1. The van der Waals surface area contributed by atoms with Crippen LogP contribution in [0.15, 0.2) is 70.5 Å². The van der Waals surface area contributed by atoms with Gasteiger partial charge in [0.05, 0.1) is 16.4 Å². The Bertz CT molecular complexity index is 747. The van der Waals surface area contributed by atoms with Crippen molar-refractivity contribution in [2.24, 2.45) is 0 Å². The van der Waals surface area contributed by atoms with Gasteiger partial charge in [0.15, 0.2) is 0 Å². The summed E-state index contributed by atoms with van der Waals surface area (Å²) >= 11 is 0. The number of rotatable bonds is 5. The van der Waals surface area contributed by atoms with Crippen molar-refractivity contribution in [3.63, 3.8) is 0 Å². The van der Waals surface area contributed by atoms with Crippen LogP contribution in [0.25, 0.3) is 0 Å². The van der Waals surface area contributed by atoms with Gasteiger partial charge in [0.2, 0.25) is 9.84 Å². The topological polar surface area (TPSA) is 74.6 Å². The molecule has 0 aliphatic rings. The number of aryl methyl sites for hydroxylation is 1. The lowest BCUT2D eigenvalue weighted by atomic mass is 10.1. The highest BCUT2D eigenvalue weighted by molar-refractivity contribution is 7.95. The number of aliphatic hydroxyl groups is 2. The summed E-state index contributed by atoms with van der Waals surface area (Å²) in [5.41, 5.74) is 1.40. The molecule has 0 spiro atoms. The number of benzene rings is 2. The zero-order valence-corrected chi connectivity index (χ0v) is 13.0. The standard InChI is InChI=1S/C17H18O4S/c1-13-7-9-15(10-8-13)22(20,21)16(11-12-18)17(19)14-5-3-2-4-6-14/h2-11,17-19H,12H2,1H3/b16-11+. The van der Waals surface area contributed by atoms with Gasteiger partial charge >= 0.3 is 0 Å². The maximum atomic E-state index is 12.7. The van der Waals surface area contributed by atoms with Gasteiger partial charge in [-0.15, -0.1) is 0 Å². The minimum atomic E-state index is -3.88. The molecule has 0 aliphatic carbocycles. The van der Waals surface area contributed by atoms with Crippen molar-refractivity contribution in [2.45, 2.75) is 17.9 Å². The second-order valence-electron chi connectivity index (χ2n) is 4.92. The first-order valence-corrected chi connectivity index (χ1v) is 8.31. The zero-order valence-electron chi connectivity index (χ0n) is 12.2. The Balaban J connectivity index is 2.48. The second kappa shape index (κ2) is 6.87. The van der Waals surface area contributed by atoms with Crippen LogP contribution in [0.3, 0.4) is 0 Å². The number of hydrogen-bond donors (Lipinski definition) is 2. The predicted octanol–water partition coefficient (Wildman–Crippen LogP) is 2.38. The molecule has 2 rings (SSSR count). The van der Waals surface area contributed by atoms with E-state index in [0.29, 0.717) is 5.56 Å². The van der Waals surface area contributed by atoms with Crippen LogP contribution in [0, 0.1) is 6.92 Å². The average molecular weight is 318 g/mol. The maximum absolute atomic E-state index is 12.7. The molecule has 1 atom stereocenters. The molecule has 0 aliphatic heterocycles. The van der Waals surface area contributed by atoms with Crippen LogP contribution in [0.2, 0.25) is 0 Å². The molecule has 0 saturated heterocycles. The summed E-state index contributed by atoms with van der Waals surface area (Å²) in [6.07, 6.45) is -0.188. The second-order valence-corrected chi connectivity index (χ2v) is 6.87. The van der Waals surface area contributed by atoms with Crippen LogP contribution in [0.4, 0.5) is 0 Å². The molecule has 0 heterocycles. The van der Waals surface area contributed by atoms with Crippen molar-refractivity contribution in [3.05, 3.63) is 76.7 Å².